The fourth-order valence-corrected chi connectivity index (χ4v) is 4.10. The van der Waals surface area contributed by atoms with Crippen LogP contribution in [-0.4, -0.2) is 49.1 Å². The van der Waals surface area contributed by atoms with Crippen molar-refractivity contribution in [3.05, 3.63) is 0 Å². The molecular formula is C15H26N4O2. The van der Waals surface area contributed by atoms with Crippen LogP contribution in [0.25, 0.3) is 0 Å². The van der Waals surface area contributed by atoms with Gasteiger partial charge < -0.3 is 21.3 Å². The van der Waals surface area contributed by atoms with Crippen LogP contribution in [-0.2, 0) is 4.79 Å². The van der Waals surface area contributed by atoms with E-state index in [4.69, 9.17) is 5.73 Å². The molecule has 21 heavy (non-hydrogen) atoms. The average Bonchev–Trinajstić information content (AvgIpc) is 3.18. The number of nitrogens with two attached hydrogens (primary N) is 1. The summed E-state index contributed by atoms with van der Waals surface area (Å²) in [5.74, 6) is 0.529. The second-order valence-corrected chi connectivity index (χ2v) is 6.80. The van der Waals surface area contributed by atoms with Crippen LogP contribution in [0.1, 0.15) is 38.5 Å². The van der Waals surface area contributed by atoms with E-state index in [-0.39, 0.29) is 17.4 Å². The SMILES string of the molecule is NC(=O)NCC1CCCCN1C(=O)C1CC12CCNCC2. The van der Waals surface area contributed by atoms with Crippen LogP contribution in [0.4, 0.5) is 4.79 Å². The first-order valence-electron chi connectivity index (χ1n) is 8.17. The molecule has 3 fully saturated rings. The molecule has 1 aliphatic carbocycles. The van der Waals surface area contributed by atoms with E-state index in [1.165, 1.54) is 0 Å². The average molecular weight is 294 g/mol. The van der Waals surface area contributed by atoms with Gasteiger partial charge in [0.15, 0.2) is 0 Å². The zero-order valence-corrected chi connectivity index (χ0v) is 12.6. The predicted octanol–water partition coefficient (Wildman–Crippen LogP) is 0.426. The van der Waals surface area contributed by atoms with Crippen LogP contribution in [0, 0.1) is 11.3 Å². The summed E-state index contributed by atoms with van der Waals surface area (Å²) in [6.07, 6.45) is 6.46. The van der Waals surface area contributed by atoms with Gasteiger partial charge in [-0.1, -0.05) is 0 Å². The minimum absolute atomic E-state index is 0.123. The summed E-state index contributed by atoms with van der Waals surface area (Å²) in [5, 5.41) is 6.04. The van der Waals surface area contributed by atoms with Crippen LogP contribution in [0.5, 0.6) is 0 Å². The van der Waals surface area contributed by atoms with Crippen LogP contribution in [0.15, 0.2) is 0 Å². The molecular weight excluding hydrogens is 268 g/mol. The van der Waals surface area contributed by atoms with Crippen molar-refractivity contribution in [3.63, 3.8) is 0 Å². The van der Waals surface area contributed by atoms with Crippen molar-refractivity contribution in [2.45, 2.75) is 44.6 Å². The lowest BCUT2D eigenvalue weighted by atomic mass is 9.91. The van der Waals surface area contributed by atoms with E-state index < -0.39 is 6.03 Å². The van der Waals surface area contributed by atoms with Crippen molar-refractivity contribution in [1.29, 1.82) is 0 Å². The Bertz CT molecular complexity index is 420. The lowest BCUT2D eigenvalue weighted by Gasteiger charge is -2.37. The maximum absolute atomic E-state index is 12.9. The number of amides is 3. The molecule has 118 valence electrons. The molecule has 0 bridgehead atoms. The Kier molecular flexibility index (Phi) is 4.06. The van der Waals surface area contributed by atoms with Gasteiger partial charge in [-0.25, -0.2) is 4.79 Å². The third-order valence-electron chi connectivity index (χ3n) is 5.51. The Morgan fingerprint density at radius 3 is 2.76 bits per heavy atom. The van der Waals surface area contributed by atoms with E-state index in [0.717, 1.165) is 58.2 Å². The number of hydrogen-bond acceptors (Lipinski definition) is 3. The van der Waals surface area contributed by atoms with Gasteiger partial charge in [0.2, 0.25) is 5.91 Å². The third-order valence-corrected chi connectivity index (χ3v) is 5.51. The smallest absolute Gasteiger partial charge is 0.312 e. The Morgan fingerprint density at radius 1 is 1.29 bits per heavy atom. The van der Waals surface area contributed by atoms with Gasteiger partial charge in [0.05, 0.1) is 0 Å². The van der Waals surface area contributed by atoms with Gasteiger partial charge in [-0.2, -0.15) is 0 Å². The van der Waals surface area contributed by atoms with Gasteiger partial charge in [0, 0.05) is 25.0 Å². The Morgan fingerprint density at radius 2 is 2.05 bits per heavy atom. The summed E-state index contributed by atoms with van der Waals surface area (Å²) in [5.41, 5.74) is 5.43. The van der Waals surface area contributed by atoms with Crippen LogP contribution in [0.2, 0.25) is 0 Å². The molecule has 1 spiro atoms. The van der Waals surface area contributed by atoms with Crippen molar-refractivity contribution >= 4 is 11.9 Å². The summed E-state index contributed by atoms with van der Waals surface area (Å²) in [4.78, 5) is 25.8. The summed E-state index contributed by atoms with van der Waals surface area (Å²) >= 11 is 0. The van der Waals surface area contributed by atoms with Crippen LogP contribution < -0.4 is 16.4 Å². The van der Waals surface area contributed by atoms with Crippen molar-refractivity contribution in [2.24, 2.45) is 17.1 Å². The van der Waals surface area contributed by atoms with Crippen molar-refractivity contribution in [2.75, 3.05) is 26.2 Å². The number of hydrogen-bond donors (Lipinski definition) is 3. The molecule has 2 unspecified atom stereocenters. The number of nitrogens with one attached hydrogen (secondary N) is 2. The van der Waals surface area contributed by atoms with E-state index >= 15 is 0 Å². The standard InChI is InChI=1S/C15H26N4O2/c16-14(21)18-10-11-3-1-2-8-19(11)13(20)12-9-15(12)4-6-17-7-5-15/h11-12,17H,1-10H2,(H3,16,18,21). The second-order valence-electron chi connectivity index (χ2n) is 6.80. The highest BCUT2D eigenvalue weighted by Gasteiger charge is 2.59. The molecule has 0 radical (unpaired) electrons. The summed E-state index contributed by atoms with van der Waals surface area (Å²) < 4.78 is 0. The molecule has 4 N–H and O–H groups in total. The monoisotopic (exact) mass is 294 g/mol. The number of primary amides is 1. The fraction of sp³-hybridized carbons (Fsp3) is 0.867. The molecule has 3 rings (SSSR count). The van der Waals surface area contributed by atoms with Crippen LogP contribution in [0.3, 0.4) is 0 Å². The highest BCUT2D eigenvalue weighted by Crippen LogP contribution is 2.59. The first-order valence-corrected chi connectivity index (χ1v) is 8.17. The van der Waals surface area contributed by atoms with Gasteiger partial charge in [-0.3, -0.25) is 4.79 Å². The lowest BCUT2D eigenvalue weighted by molar-refractivity contribution is -0.137. The van der Waals surface area contributed by atoms with E-state index in [9.17, 15) is 9.59 Å². The van der Waals surface area contributed by atoms with E-state index in [1.807, 2.05) is 4.90 Å². The third kappa shape index (κ3) is 3.00. The molecule has 0 aromatic heterocycles. The van der Waals surface area contributed by atoms with Gasteiger partial charge in [-0.05, 0) is 57.0 Å². The zero-order chi connectivity index (χ0) is 14.9. The maximum atomic E-state index is 12.9. The number of rotatable bonds is 3. The highest BCUT2D eigenvalue weighted by molar-refractivity contribution is 5.83. The quantitative estimate of drug-likeness (QED) is 0.705. The molecule has 0 aromatic carbocycles. The lowest BCUT2D eigenvalue weighted by Crippen LogP contribution is -2.51. The minimum atomic E-state index is -0.505. The predicted molar refractivity (Wildman–Crippen MR) is 79.6 cm³/mol. The summed E-state index contributed by atoms with van der Waals surface area (Å²) in [7, 11) is 0. The number of carbonyl (C=O) groups is 2. The number of piperidine rings is 2. The van der Waals surface area contributed by atoms with E-state index in [2.05, 4.69) is 10.6 Å². The number of likely N-dealkylation sites (tertiary alicyclic amines) is 1. The molecule has 6 heteroatoms. The largest absolute Gasteiger partial charge is 0.352 e. The molecule has 6 nitrogen and oxygen atoms in total. The molecule has 2 saturated heterocycles. The first kappa shape index (κ1) is 14.6. The normalized spacial score (nSPS) is 31.0. The second kappa shape index (κ2) is 5.83. The Balaban J connectivity index is 1.60. The van der Waals surface area contributed by atoms with Gasteiger partial charge in [0.25, 0.3) is 0 Å². The van der Waals surface area contributed by atoms with Crippen molar-refractivity contribution in [3.8, 4) is 0 Å². The molecule has 1 saturated carbocycles. The highest BCUT2D eigenvalue weighted by atomic mass is 16.2. The number of carbonyl (C=O) groups excluding carboxylic acids is 2. The van der Waals surface area contributed by atoms with E-state index in [0.29, 0.717) is 12.5 Å². The number of urea groups is 1. The van der Waals surface area contributed by atoms with E-state index in [1.54, 1.807) is 0 Å². The molecule has 0 aromatic rings. The van der Waals surface area contributed by atoms with Crippen LogP contribution >= 0.6 is 0 Å². The molecule has 3 aliphatic rings. The maximum Gasteiger partial charge on any atom is 0.312 e. The molecule has 2 aliphatic heterocycles. The van der Waals surface area contributed by atoms with Gasteiger partial charge in [-0.15, -0.1) is 0 Å². The fourth-order valence-electron chi connectivity index (χ4n) is 4.10. The minimum Gasteiger partial charge on any atom is -0.352 e. The molecule has 2 atom stereocenters. The van der Waals surface area contributed by atoms with Crippen molar-refractivity contribution in [1.82, 2.24) is 15.5 Å². The molecule has 3 amide bonds. The topological polar surface area (TPSA) is 87.5 Å². The summed E-state index contributed by atoms with van der Waals surface area (Å²) in [6.45, 7) is 3.39. The Labute approximate surface area is 125 Å². The Hall–Kier alpha value is -1.30. The first-order chi connectivity index (χ1) is 10.1. The van der Waals surface area contributed by atoms with Gasteiger partial charge in [0.1, 0.15) is 0 Å². The number of nitrogens with zero attached hydrogens (tertiary/aromatic N) is 1. The van der Waals surface area contributed by atoms with Crippen molar-refractivity contribution < 1.29 is 9.59 Å². The summed E-state index contributed by atoms with van der Waals surface area (Å²) in [6, 6.07) is -0.382. The zero-order valence-electron chi connectivity index (χ0n) is 12.6. The van der Waals surface area contributed by atoms with Gasteiger partial charge >= 0.3 is 6.03 Å². The molecule has 2 heterocycles.